The molecule has 2 heterocycles. The molecule has 0 aliphatic rings. The first kappa shape index (κ1) is 12.4. The molecule has 3 nitrogen and oxygen atoms in total. The lowest BCUT2D eigenvalue weighted by Crippen LogP contribution is -2.05. The summed E-state index contributed by atoms with van der Waals surface area (Å²) < 4.78 is 2.25. The number of thiazole rings is 1. The van der Waals surface area contributed by atoms with E-state index in [1.807, 2.05) is 6.20 Å². The molecule has 0 bridgehead atoms. The Morgan fingerprint density at radius 2 is 1.95 bits per heavy atom. The highest BCUT2D eigenvalue weighted by molar-refractivity contribution is 7.17. The molecular weight excluding hydrogens is 254 g/mol. The van der Waals surface area contributed by atoms with Crippen molar-refractivity contribution in [3.05, 3.63) is 46.6 Å². The second-order valence-electron chi connectivity index (χ2n) is 4.78. The van der Waals surface area contributed by atoms with Gasteiger partial charge in [-0.25, -0.2) is 4.98 Å². The van der Waals surface area contributed by atoms with E-state index < -0.39 is 0 Å². The Hall–Kier alpha value is -1.65. The van der Waals surface area contributed by atoms with Gasteiger partial charge in [-0.05, 0) is 26.0 Å². The van der Waals surface area contributed by atoms with Crippen LogP contribution >= 0.6 is 11.3 Å². The van der Waals surface area contributed by atoms with Crippen molar-refractivity contribution in [3.8, 4) is 11.3 Å². The highest BCUT2D eigenvalue weighted by Crippen LogP contribution is 2.32. The predicted molar refractivity (Wildman–Crippen MR) is 80.7 cm³/mol. The van der Waals surface area contributed by atoms with Crippen LogP contribution in [0.5, 0.6) is 0 Å². The average Bonchev–Trinajstić information content (AvgIpc) is 2.91. The Bertz CT molecular complexity index is 707. The van der Waals surface area contributed by atoms with Crippen molar-refractivity contribution in [1.82, 2.24) is 9.38 Å². The average molecular weight is 271 g/mol. The number of hydrogen-bond donors (Lipinski definition) is 1. The smallest absolute Gasteiger partial charge is 0.194 e. The van der Waals surface area contributed by atoms with Gasteiger partial charge < -0.3 is 5.73 Å². The van der Waals surface area contributed by atoms with Gasteiger partial charge in [0.15, 0.2) is 4.96 Å². The number of aromatic nitrogens is 2. The van der Waals surface area contributed by atoms with E-state index >= 15 is 0 Å². The van der Waals surface area contributed by atoms with Gasteiger partial charge in [-0.15, -0.1) is 11.3 Å². The lowest BCUT2D eigenvalue weighted by Gasteiger charge is -2.06. The summed E-state index contributed by atoms with van der Waals surface area (Å²) in [6.07, 6.45) is 2.80. The summed E-state index contributed by atoms with van der Waals surface area (Å²) in [6.45, 7) is 4.91. The van der Waals surface area contributed by atoms with Crippen LogP contribution in [0.1, 0.15) is 16.1 Å². The van der Waals surface area contributed by atoms with Crippen LogP contribution < -0.4 is 5.73 Å². The third kappa shape index (κ3) is 2.07. The Morgan fingerprint density at radius 1 is 1.21 bits per heavy atom. The zero-order valence-electron chi connectivity index (χ0n) is 11.2. The normalized spacial score (nSPS) is 11.3. The molecule has 2 aromatic heterocycles. The van der Waals surface area contributed by atoms with E-state index in [4.69, 9.17) is 5.73 Å². The zero-order valence-corrected chi connectivity index (χ0v) is 12.0. The van der Waals surface area contributed by atoms with Crippen molar-refractivity contribution in [3.63, 3.8) is 0 Å². The van der Waals surface area contributed by atoms with Crippen molar-refractivity contribution in [2.75, 3.05) is 6.54 Å². The van der Waals surface area contributed by atoms with E-state index in [9.17, 15) is 0 Å². The molecule has 0 amide bonds. The van der Waals surface area contributed by atoms with E-state index in [2.05, 4.69) is 47.5 Å². The third-order valence-corrected chi connectivity index (χ3v) is 4.30. The van der Waals surface area contributed by atoms with Crippen molar-refractivity contribution in [2.24, 2.45) is 5.73 Å². The summed E-state index contributed by atoms with van der Waals surface area (Å²) in [5, 5.41) is 0. The first-order chi connectivity index (χ1) is 9.20. The Kier molecular flexibility index (Phi) is 3.12. The van der Waals surface area contributed by atoms with Gasteiger partial charge in [-0.1, -0.05) is 29.8 Å². The number of rotatable bonds is 3. The highest BCUT2D eigenvalue weighted by Gasteiger charge is 2.14. The first-order valence-corrected chi connectivity index (χ1v) is 7.25. The summed E-state index contributed by atoms with van der Waals surface area (Å²) in [5.41, 5.74) is 10.7. The van der Waals surface area contributed by atoms with Gasteiger partial charge in [0.1, 0.15) is 0 Å². The van der Waals surface area contributed by atoms with Crippen LogP contribution in [-0.2, 0) is 6.42 Å². The molecule has 98 valence electrons. The Morgan fingerprint density at radius 3 is 2.63 bits per heavy atom. The molecule has 0 saturated carbocycles. The van der Waals surface area contributed by atoms with E-state index in [0.717, 1.165) is 11.4 Å². The van der Waals surface area contributed by atoms with Gasteiger partial charge in [0.25, 0.3) is 0 Å². The monoisotopic (exact) mass is 271 g/mol. The summed E-state index contributed by atoms with van der Waals surface area (Å²) in [4.78, 5) is 6.84. The maximum Gasteiger partial charge on any atom is 0.194 e. The molecule has 0 aliphatic heterocycles. The molecule has 2 N–H and O–H groups in total. The molecule has 0 spiro atoms. The maximum atomic E-state index is 5.69. The van der Waals surface area contributed by atoms with Crippen LogP contribution in [0.15, 0.2) is 30.5 Å². The quantitative estimate of drug-likeness (QED) is 0.795. The second kappa shape index (κ2) is 4.79. The van der Waals surface area contributed by atoms with E-state index in [1.54, 1.807) is 11.3 Å². The summed E-state index contributed by atoms with van der Waals surface area (Å²) in [6, 6.07) is 8.65. The van der Waals surface area contributed by atoms with Gasteiger partial charge in [0.05, 0.1) is 11.9 Å². The standard InChI is InChI=1S/C15H17N3S/c1-10-3-5-12(6-4-10)14-11(2)19-15-17-9-13(7-8-16)18(14)15/h3-6,9H,7-8,16H2,1-2H3. The second-order valence-corrected chi connectivity index (χ2v) is 5.96. The zero-order chi connectivity index (χ0) is 13.4. The molecule has 19 heavy (non-hydrogen) atoms. The fourth-order valence-electron chi connectivity index (χ4n) is 2.39. The minimum Gasteiger partial charge on any atom is -0.330 e. The molecule has 0 atom stereocenters. The maximum absolute atomic E-state index is 5.69. The SMILES string of the molecule is Cc1ccc(-c2c(C)sc3ncc(CCN)n23)cc1. The fourth-order valence-corrected chi connectivity index (χ4v) is 3.37. The van der Waals surface area contributed by atoms with Crippen LogP contribution in [0.2, 0.25) is 0 Å². The highest BCUT2D eigenvalue weighted by atomic mass is 32.1. The van der Waals surface area contributed by atoms with Crippen LogP contribution in [0, 0.1) is 13.8 Å². The number of nitrogens with zero attached hydrogens (tertiary/aromatic N) is 2. The van der Waals surface area contributed by atoms with Crippen LogP contribution in [-0.4, -0.2) is 15.9 Å². The van der Waals surface area contributed by atoms with Gasteiger partial charge in [-0.3, -0.25) is 4.40 Å². The Balaban J connectivity index is 2.23. The molecular formula is C15H17N3S. The van der Waals surface area contributed by atoms with E-state index in [0.29, 0.717) is 6.54 Å². The summed E-state index contributed by atoms with van der Waals surface area (Å²) in [5.74, 6) is 0. The molecule has 3 rings (SSSR count). The van der Waals surface area contributed by atoms with Gasteiger partial charge in [-0.2, -0.15) is 0 Å². The largest absolute Gasteiger partial charge is 0.330 e. The Labute approximate surface area is 116 Å². The van der Waals surface area contributed by atoms with Gasteiger partial charge in [0, 0.05) is 17.0 Å². The first-order valence-electron chi connectivity index (χ1n) is 6.43. The number of fused-ring (bicyclic) bond motifs is 1. The molecule has 1 aromatic carbocycles. The number of aryl methyl sites for hydroxylation is 2. The van der Waals surface area contributed by atoms with E-state index in [-0.39, 0.29) is 0 Å². The van der Waals surface area contributed by atoms with E-state index in [1.165, 1.54) is 27.4 Å². The minimum atomic E-state index is 0.649. The molecule has 4 heteroatoms. The van der Waals surface area contributed by atoms with Crippen molar-refractivity contribution in [2.45, 2.75) is 20.3 Å². The molecule has 0 aliphatic carbocycles. The van der Waals surface area contributed by atoms with Crippen LogP contribution in [0.3, 0.4) is 0 Å². The summed E-state index contributed by atoms with van der Waals surface area (Å²) in [7, 11) is 0. The topological polar surface area (TPSA) is 43.3 Å². The molecule has 0 saturated heterocycles. The lowest BCUT2D eigenvalue weighted by atomic mass is 10.1. The molecule has 0 fully saturated rings. The fraction of sp³-hybridized carbons (Fsp3) is 0.267. The number of nitrogens with two attached hydrogens (primary N) is 1. The molecule has 0 unspecified atom stereocenters. The van der Waals surface area contributed by atoms with Crippen LogP contribution in [0.25, 0.3) is 16.2 Å². The van der Waals surface area contributed by atoms with Crippen LogP contribution in [0.4, 0.5) is 0 Å². The van der Waals surface area contributed by atoms with Crippen molar-refractivity contribution >= 4 is 16.3 Å². The molecule has 3 aromatic rings. The van der Waals surface area contributed by atoms with Gasteiger partial charge in [0.2, 0.25) is 0 Å². The summed E-state index contributed by atoms with van der Waals surface area (Å²) >= 11 is 1.74. The van der Waals surface area contributed by atoms with Crippen molar-refractivity contribution in [1.29, 1.82) is 0 Å². The lowest BCUT2D eigenvalue weighted by molar-refractivity contribution is 0.910. The van der Waals surface area contributed by atoms with Gasteiger partial charge >= 0.3 is 0 Å². The number of imidazole rings is 1. The van der Waals surface area contributed by atoms with Crippen molar-refractivity contribution < 1.29 is 0 Å². The predicted octanol–water partition coefficient (Wildman–Crippen LogP) is 3.18. The number of benzene rings is 1. The minimum absolute atomic E-state index is 0.649. The third-order valence-electron chi connectivity index (χ3n) is 3.33. The molecule has 0 radical (unpaired) electrons. The number of hydrogen-bond acceptors (Lipinski definition) is 3.